The molecule has 0 spiro atoms. The van der Waals surface area contributed by atoms with Crippen LogP contribution in [0.15, 0.2) is 22.6 Å². The monoisotopic (exact) mass is 270 g/mol. The molecule has 0 aliphatic carbocycles. The highest BCUT2D eigenvalue weighted by Crippen LogP contribution is 2.35. The van der Waals surface area contributed by atoms with Gasteiger partial charge in [0.1, 0.15) is 0 Å². The zero-order valence-corrected chi connectivity index (χ0v) is 11.0. The Balaban J connectivity index is 2.13. The summed E-state index contributed by atoms with van der Waals surface area (Å²) in [5.74, 6) is 3.31. The third-order valence-electron chi connectivity index (χ3n) is 2.65. The van der Waals surface area contributed by atoms with Crippen LogP contribution >= 0.6 is 23.1 Å². The fraction of sp³-hybridized carbons (Fsp3) is 0.364. The smallest absolute Gasteiger partial charge is 0.181 e. The molecule has 2 aromatic rings. The van der Waals surface area contributed by atoms with Crippen molar-refractivity contribution >= 4 is 49.7 Å². The molecule has 2 heterocycles. The molecule has 1 fully saturated rings. The fourth-order valence-electron chi connectivity index (χ4n) is 1.85. The third kappa shape index (κ3) is 1.90. The van der Waals surface area contributed by atoms with Crippen LogP contribution in [-0.2, 0) is 10.7 Å². The minimum atomic E-state index is 0.190. The number of fused-ring (bicyclic) bond motifs is 1. The second kappa shape index (κ2) is 4.43. The highest BCUT2D eigenvalue weighted by atomic mass is 35.5. The fourth-order valence-corrected chi connectivity index (χ4v) is 4.80. The molecule has 1 aromatic carbocycles. The molecule has 5 heteroatoms. The SMILES string of the molecule is Clc1cccc2snc(N=S3CCCC3)c12. The Morgan fingerprint density at radius 3 is 2.94 bits per heavy atom. The van der Waals surface area contributed by atoms with Crippen molar-refractivity contribution in [1.29, 1.82) is 0 Å². The summed E-state index contributed by atoms with van der Waals surface area (Å²) in [5, 5.41) is 1.81. The first-order valence-corrected chi connectivity index (χ1v) is 7.95. The first kappa shape index (κ1) is 10.7. The van der Waals surface area contributed by atoms with Crippen LogP contribution in [0.4, 0.5) is 5.82 Å². The Hall–Kier alpha value is -0.450. The maximum atomic E-state index is 6.20. The molecule has 3 rings (SSSR count). The highest BCUT2D eigenvalue weighted by Gasteiger charge is 2.11. The second-order valence-electron chi connectivity index (χ2n) is 3.79. The second-order valence-corrected chi connectivity index (χ2v) is 6.92. The Morgan fingerprint density at radius 2 is 2.12 bits per heavy atom. The van der Waals surface area contributed by atoms with Crippen molar-refractivity contribution in [2.24, 2.45) is 4.36 Å². The normalized spacial score (nSPS) is 17.1. The average molecular weight is 271 g/mol. The predicted octanol–water partition coefficient (Wildman–Crippen LogP) is 4.18. The van der Waals surface area contributed by atoms with Crippen molar-refractivity contribution in [2.45, 2.75) is 12.8 Å². The summed E-state index contributed by atoms with van der Waals surface area (Å²) in [6.07, 6.45) is 2.62. The number of aromatic nitrogens is 1. The van der Waals surface area contributed by atoms with E-state index in [0.717, 1.165) is 20.9 Å². The van der Waals surface area contributed by atoms with Gasteiger partial charge in [0.15, 0.2) is 5.82 Å². The molecule has 0 N–H and O–H groups in total. The summed E-state index contributed by atoms with van der Waals surface area (Å²) in [4.78, 5) is 0. The van der Waals surface area contributed by atoms with E-state index < -0.39 is 0 Å². The van der Waals surface area contributed by atoms with Gasteiger partial charge in [0.25, 0.3) is 0 Å². The van der Waals surface area contributed by atoms with Crippen LogP contribution in [0.1, 0.15) is 12.8 Å². The molecular weight excluding hydrogens is 260 g/mol. The predicted molar refractivity (Wildman–Crippen MR) is 73.1 cm³/mol. The van der Waals surface area contributed by atoms with Crippen molar-refractivity contribution in [2.75, 3.05) is 11.5 Å². The Labute approximate surface area is 106 Å². The van der Waals surface area contributed by atoms with Crippen LogP contribution in [0.25, 0.3) is 10.1 Å². The lowest BCUT2D eigenvalue weighted by molar-refractivity contribution is 0.949. The number of hydrogen-bond acceptors (Lipinski definition) is 3. The van der Waals surface area contributed by atoms with Crippen LogP contribution in [0.3, 0.4) is 0 Å². The molecular formula is C11H11ClN2S2. The first-order valence-electron chi connectivity index (χ1n) is 5.28. The highest BCUT2D eigenvalue weighted by molar-refractivity contribution is 7.87. The standard InChI is InChI=1S/C11H11ClN2S2/c12-8-4-3-5-9-10(8)11(13-15-9)14-16-6-1-2-7-16/h3-5H,1-2,6-7H2. The molecule has 84 valence electrons. The summed E-state index contributed by atoms with van der Waals surface area (Å²) in [7, 11) is 0.190. The zero-order chi connectivity index (χ0) is 11.0. The maximum absolute atomic E-state index is 6.20. The molecule has 0 saturated carbocycles. The van der Waals surface area contributed by atoms with Crippen LogP contribution < -0.4 is 0 Å². The molecule has 1 saturated heterocycles. The van der Waals surface area contributed by atoms with Crippen molar-refractivity contribution in [3.05, 3.63) is 23.2 Å². The zero-order valence-electron chi connectivity index (χ0n) is 8.65. The number of benzene rings is 1. The van der Waals surface area contributed by atoms with Gasteiger partial charge in [0, 0.05) is 11.5 Å². The van der Waals surface area contributed by atoms with E-state index >= 15 is 0 Å². The molecule has 0 unspecified atom stereocenters. The van der Waals surface area contributed by atoms with Crippen LogP contribution in [-0.4, -0.2) is 15.9 Å². The molecule has 0 atom stereocenters. The maximum Gasteiger partial charge on any atom is 0.181 e. The van der Waals surface area contributed by atoms with E-state index in [-0.39, 0.29) is 10.7 Å². The van der Waals surface area contributed by atoms with E-state index in [2.05, 4.69) is 10.4 Å². The molecule has 0 radical (unpaired) electrons. The average Bonchev–Trinajstić information content (AvgIpc) is 2.90. The molecule has 1 aliphatic heterocycles. The van der Waals surface area contributed by atoms with Crippen LogP contribution in [0.5, 0.6) is 0 Å². The molecule has 16 heavy (non-hydrogen) atoms. The molecule has 1 aromatic heterocycles. The van der Waals surface area contributed by atoms with Gasteiger partial charge in [-0.25, -0.2) is 4.36 Å². The molecule has 0 amide bonds. The molecule has 0 bridgehead atoms. The lowest BCUT2D eigenvalue weighted by atomic mass is 10.3. The van der Waals surface area contributed by atoms with Gasteiger partial charge in [-0.2, -0.15) is 4.37 Å². The van der Waals surface area contributed by atoms with E-state index in [9.17, 15) is 0 Å². The lowest BCUT2D eigenvalue weighted by Crippen LogP contribution is -1.87. The summed E-state index contributed by atoms with van der Waals surface area (Å²) in [5.41, 5.74) is 0. The van der Waals surface area contributed by atoms with Crippen molar-refractivity contribution < 1.29 is 0 Å². The van der Waals surface area contributed by atoms with E-state index in [1.165, 1.54) is 35.9 Å². The van der Waals surface area contributed by atoms with Gasteiger partial charge in [0.05, 0.1) is 15.1 Å². The summed E-state index contributed by atoms with van der Waals surface area (Å²) in [6.45, 7) is 0. The number of nitrogens with zero attached hydrogens (tertiary/aromatic N) is 2. The van der Waals surface area contributed by atoms with Crippen molar-refractivity contribution in [3.8, 4) is 0 Å². The van der Waals surface area contributed by atoms with Gasteiger partial charge in [0.2, 0.25) is 0 Å². The Bertz CT molecular complexity index is 554. The first-order chi connectivity index (χ1) is 7.84. The van der Waals surface area contributed by atoms with E-state index in [0.29, 0.717) is 0 Å². The minimum absolute atomic E-state index is 0.190. The van der Waals surface area contributed by atoms with Gasteiger partial charge in [-0.05, 0) is 36.5 Å². The largest absolute Gasteiger partial charge is 0.206 e. The van der Waals surface area contributed by atoms with E-state index in [4.69, 9.17) is 16.0 Å². The number of hydrogen-bond donors (Lipinski definition) is 0. The minimum Gasteiger partial charge on any atom is -0.206 e. The Kier molecular flexibility index (Phi) is 2.96. The lowest BCUT2D eigenvalue weighted by Gasteiger charge is -1.97. The van der Waals surface area contributed by atoms with E-state index in [1.54, 1.807) is 0 Å². The summed E-state index contributed by atoms with van der Waals surface area (Å²) < 4.78 is 10.3. The van der Waals surface area contributed by atoms with E-state index in [1.807, 2.05) is 12.1 Å². The quantitative estimate of drug-likeness (QED) is 0.763. The van der Waals surface area contributed by atoms with Gasteiger partial charge < -0.3 is 0 Å². The van der Waals surface area contributed by atoms with Gasteiger partial charge in [-0.1, -0.05) is 28.4 Å². The van der Waals surface area contributed by atoms with Crippen molar-refractivity contribution in [3.63, 3.8) is 0 Å². The number of rotatable bonds is 1. The molecule has 2 nitrogen and oxygen atoms in total. The van der Waals surface area contributed by atoms with Crippen LogP contribution in [0, 0.1) is 0 Å². The third-order valence-corrected chi connectivity index (χ3v) is 5.72. The van der Waals surface area contributed by atoms with Gasteiger partial charge in [-0.3, -0.25) is 0 Å². The molecule has 1 aliphatic rings. The summed E-state index contributed by atoms with van der Waals surface area (Å²) in [6, 6.07) is 5.93. The van der Waals surface area contributed by atoms with Crippen molar-refractivity contribution in [1.82, 2.24) is 4.37 Å². The summed E-state index contributed by atoms with van der Waals surface area (Å²) >= 11 is 7.69. The topological polar surface area (TPSA) is 25.2 Å². The van der Waals surface area contributed by atoms with Gasteiger partial charge >= 0.3 is 0 Å². The van der Waals surface area contributed by atoms with Crippen LogP contribution in [0.2, 0.25) is 5.02 Å². The Morgan fingerprint density at radius 1 is 1.31 bits per heavy atom. The van der Waals surface area contributed by atoms with Gasteiger partial charge in [-0.15, -0.1) is 0 Å². The number of halogens is 1.